The molecule has 19 heavy (non-hydrogen) atoms. The first-order valence-electron chi connectivity index (χ1n) is 4.92. The van der Waals surface area contributed by atoms with Crippen LogP contribution in [0.1, 0.15) is 10.4 Å². The van der Waals surface area contributed by atoms with Gasteiger partial charge in [-0.2, -0.15) is 0 Å². The van der Waals surface area contributed by atoms with E-state index in [0.29, 0.717) is 0 Å². The highest BCUT2D eigenvalue weighted by atomic mass is 35.5. The summed E-state index contributed by atoms with van der Waals surface area (Å²) in [6.45, 7) is 0. The van der Waals surface area contributed by atoms with Gasteiger partial charge in [0.2, 0.25) is 5.28 Å². The summed E-state index contributed by atoms with van der Waals surface area (Å²) in [6.07, 6.45) is 0. The van der Waals surface area contributed by atoms with Gasteiger partial charge in [-0.15, -0.1) is 0 Å². The summed E-state index contributed by atoms with van der Waals surface area (Å²) in [5, 5.41) is 2.29. The number of rotatable bonds is 2. The smallest absolute Gasteiger partial charge is 0.256 e. The fourth-order valence-corrected chi connectivity index (χ4v) is 1.87. The first kappa shape index (κ1) is 14.0. The molecule has 0 aliphatic heterocycles. The van der Waals surface area contributed by atoms with Crippen molar-refractivity contribution >= 4 is 46.5 Å². The van der Waals surface area contributed by atoms with Crippen molar-refractivity contribution in [3.05, 3.63) is 51.1 Å². The van der Waals surface area contributed by atoms with E-state index in [9.17, 15) is 9.18 Å². The number of hydrogen-bond acceptors (Lipinski definition) is 3. The van der Waals surface area contributed by atoms with Crippen molar-refractivity contribution in [1.82, 2.24) is 9.97 Å². The summed E-state index contributed by atoms with van der Waals surface area (Å²) in [7, 11) is 0. The predicted octanol–water partition coefficient (Wildman–Crippen LogP) is 3.83. The van der Waals surface area contributed by atoms with E-state index in [1.165, 1.54) is 18.2 Å². The fourth-order valence-electron chi connectivity index (χ4n) is 1.28. The molecule has 1 amide bonds. The number of amides is 1. The van der Waals surface area contributed by atoms with Crippen molar-refractivity contribution in [3.8, 4) is 0 Å². The molecule has 0 saturated heterocycles. The molecular weight excluding hydrogens is 315 g/mol. The quantitative estimate of drug-likeness (QED) is 0.676. The van der Waals surface area contributed by atoms with Gasteiger partial charge in [0, 0.05) is 11.6 Å². The second-order valence-corrected chi connectivity index (χ2v) is 4.56. The summed E-state index contributed by atoms with van der Waals surface area (Å²) < 4.78 is 13.0. The van der Waals surface area contributed by atoms with Gasteiger partial charge in [0.05, 0.1) is 5.02 Å². The molecule has 4 nitrogen and oxygen atoms in total. The molecule has 0 radical (unpaired) electrons. The number of carbonyl (C=O) groups is 1. The molecule has 0 bridgehead atoms. The Balaban J connectivity index is 2.22. The number of benzene rings is 1. The number of nitrogens with one attached hydrogen (secondary N) is 1. The third-order valence-electron chi connectivity index (χ3n) is 2.09. The molecule has 1 aromatic heterocycles. The fraction of sp³-hybridized carbons (Fsp3) is 0. The maximum Gasteiger partial charge on any atom is 0.256 e. The number of aromatic nitrogens is 2. The van der Waals surface area contributed by atoms with Gasteiger partial charge in [0.15, 0.2) is 0 Å². The van der Waals surface area contributed by atoms with Gasteiger partial charge in [-0.3, -0.25) is 4.79 Å². The van der Waals surface area contributed by atoms with Crippen LogP contribution in [0.15, 0.2) is 24.3 Å². The molecule has 0 atom stereocenters. The topological polar surface area (TPSA) is 54.9 Å². The Kier molecular flexibility index (Phi) is 4.19. The molecule has 8 heteroatoms. The summed E-state index contributed by atoms with van der Waals surface area (Å²) >= 11 is 16.9. The minimum atomic E-state index is -0.605. The van der Waals surface area contributed by atoms with E-state index in [1.807, 2.05) is 0 Å². The molecular formula is C11H5Cl3FN3O. The minimum absolute atomic E-state index is 0.0902. The Morgan fingerprint density at radius 3 is 2.53 bits per heavy atom. The summed E-state index contributed by atoms with van der Waals surface area (Å²) in [5.41, 5.74) is 0.178. The lowest BCUT2D eigenvalue weighted by Crippen LogP contribution is -2.13. The van der Waals surface area contributed by atoms with E-state index in [1.54, 1.807) is 0 Å². The SMILES string of the molecule is O=C(Nc1cc(Cl)nc(Cl)n1)c1ccc(F)c(Cl)c1. The first-order chi connectivity index (χ1) is 8.95. The lowest BCUT2D eigenvalue weighted by molar-refractivity contribution is 0.102. The second-order valence-electron chi connectivity index (χ2n) is 3.43. The van der Waals surface area contributed by atoms with E-state index in [2.05, 4.69) is 15.3 Å². The average molecular weight is 321 g/mol. The minimum Gasteiger partial charge on any atom is -0.306 e. The molecule has 2 aromatic rings. The molecule has 0 unspecified atom stereocenters. The molecule has 0 aliphatic carbocycles. The molecule has 1 N–H and O–H groups in total. The van der Waals surface area contributed by atoms with Crippen molar-refractivity contribution < 1.29 is 9.18 Å². The highest BCUT2D eigenvalue weighted by molar-refractivity contribution is 6.32. The molecule has 98 valence electrons. The summed E-state index contributed by atoms with van der Waals surface area (Å²) in [6, 6.07) is 4.92. The normalized spacial score (nSPS) is 10.3. The highest BCUT2D eigenvalue weighted by Gasteiger charge is 2.11. The van der Waals surface area contributed by atoms with Crippen LogP contribution < -0.4 is 5.32 Å². The number of halogens is 4. The second kappa shape index (κ2) is 5.69. The summed E-state index contributed by atoms with van der Waals surface area (Å²) in [4.78, 5) is 19.3. The molecule has 1 aromatic carbocycles. The Morgan fingerprint density at radius 1 is 1.16 bits per heavy atom. The Bertz CT molecular complexity index is 631. The van der Waals surface area contributed by atoms with Crippen molar-refractivity contribution in [2.45, 2.75) is 0 Å². The maximum atomic E-state index is 13.0. The average Bonchev–Trinajstić information content (AvgIpc) is 2.31. The number of nitrogens with zero attached hydrogens (tertiary/aromatic N) is 2. The van der Waals surface area contributed by atoms with Crippen LogP contribution >= 0.6 is 34.8 Å². The van der Waals surface area contributed by atoms with Gasteiger partial charge in [-0.05, 0) is 29.8 Å². The van der Waals surface area contributed by atoms with E-state index in [-0.39, 0.29) is 26.8 Å². The Hall–Kier alpha value is -1.43. The molecule has 2 rings (SSSR count). The molecule has 0 aliphatic rings. The Morgan fingerprint density at radius 2 is 1.89 bits per heavy atom. The summed E-state index contributed by atoms with van der Waals surface area (Å²) in [5.74, 6) is -0.991. The monoisotopic (exact) mass is 319 g/mol. The van der Waals surface area contributed by atoms with Crippen LogP contribution in [0, 0.1) is 5.82 Å². The third kappa shape index (κ3) is 3.53. The zero-order valence-electron chi connectivity index (χ0n) is 9.12. The molecule has 1 heterocycles. The van der Waals surface area contributed by atoms with Crippen LogP contribution in [0.3, 0.4) is 0 Å². The molecule has 0 fully saturated rings. The largest absolute Gasteiger partial charge is 0.306 e. The lowest BCUT2D eigenvalue weighted by atomic mass is 10.2. The van der Waals surface area contributed by atoms with Crippen LogP contribution in [0.5, 0.6) is 0 Å². The van der Waals surface area contributed by atoms with E-state index < -0.39 is 11.7 Å². The van der Waals surface area contributed by atoms with Gasteiger partial charge in [0.25, 0.3) is 5.91 Å². The molecule has 0 saturated carbocycles. The van der Waals surface area contributed by atoms with Crippen molar-refractivity contribution in [2.75, 3.05) is 5.32 Å². The van der Waals surface area contributed by atoms with Gasteiger partial charge < -0.3 is 5.32 Å². The standard InChI is InChI=1S/C11H5Cl3FN3O/c12-6-3-5(1-2-7(6)15)10(19)17-9-4-8(13)16-11(14)18-9/h1-4H,(H,16,17,18,19). The number of carbonyl (C=O) groups excluding carboxylic acids is 1. The van der Waals surface area contributed by atoms with E-state index in [0.717, 1.165) is 6.07 Å². The maximum absolute atomic E-state index is 13.0. The van der Waals surface area contributed by atoms with Gasteiger partial charge in [-0.25, -0.2) is 14.4 Å². The van der Waals surface area contributed by atoms with Crippen molar-refractivity contribution in [1.29, 1.82) is 0 Å². The number of anilines is 1. The first-order valence-corrected chi connectivity index (χ1v) is 6.05. The zero-order valence-corrected chi connectivity index (χ0v) is 11.4. The van der Waals surface area contributed by atoms with E-state index in [4.69, 9.17) is 34.8 Å². The van der Waals surface area contributed by atoms with Crippen molar-refractivity contribution in [3.63, 3.8) is 0 Å². The van der Waals surface area contributed by atoms with Crippen LogP contribution in [-0.4, -0.2) is 15.9 Å². The third-order valence-corrected chi connectivity index (χ3v) is 2.74. The van der Waals surface area contributed by atoms with Gasteiger partial charge in [0.1, 0.15) is 16.8 Å². The Labute approximate surface area is 122 Å². The highest BCUT2D eigenvalue weighted by Crippen LogP contribution is 2.18. The van der Waals surface area contributed by atoms with Crippen LogP contribution in [0.25, 0.3) is 0 Å². The number of hydrogen-bond donors (Lipinski definition) is 1. The van der Waals surface area contributed by atoms with Crippen molar-refractivity contribution in [2.24, 2.45) is 0 Å². The van der Waals surface area contributed by atoms with Crippen LogP contribution in [0.4, 0.5) is 10.2 Å². The molecule has 0 spiro atoms. The van der Waals surface area contributed by atoms with Gasteiger partial charge >= 0.3 is 0 Å². The van der Waals surface area contributed by atoms with Crippen LogP contribution in [0.2, 0.25) is 15.5 Å². The van der Waals surface area contributed by atoms with E-state index >= 15 is 0 Å². The van der Waals surface area contributed by atoms with Crippen LogP contribution in [-0.2, 0) is 0 Å². The zero-order chi connectivity index (χ0) is 14.0. The predicted molar refractivity (Wildman–Crippen MR) is 71.4 cm³/mol. The van der Waals surface area contributed by atoms with Gasteiger partial charge in [-0.1, -0.05) is 23.2 Å². The lowest BCUT2D eigenvalue weighted by Gasteiger charge is -2.05.